The van der Waals surface area contributed by atoms with Gasteiger partial charge >= 0.3 is 0 Å². The molecular weight excluding hydrogens is 300 g/mol. The van der Waals surface area contributed by atoms with Crippen molar-refractivity contribution in [2.24, 2.45) is 7.05 Å². The largest absolute Gasteiger partial charge is 0.308 e. The quantitative estimate of drug-likeness (QED) is 0.905. The predicted octanol–water partition coefficient (Wildman–Crippen LogP) is 2.76. The van der Waals surface area contributed by atoms with Crippen LogP contribution in [0.2, 0.25) is 0 Å². The van der Waals surface area contributed by atoms with E-state index in [-0.39, 0.29) is 10.8 Å². The second-order valence-electron chi connectivity index (χ2n) is 4.92. The number of nitrogens with zero attached hydrogens (tertiary/aromatic N) is 3. The highest BCUT2D eigenvalue weighted by atomic mass is 79.9. The minimum Gasteiger partial charge on any atom is -0.308 e. The van der Waals surface area contributed by atoms with Crippen LogP contribution in [0.3, 0.4) is 0 Å². The molecule has 0 fully saturated rings. The maximum atomic E-state index is 4.04. The van der Waals surface area contributed by atoms with E-state index in [0.29, 0.717) is 0 Å². The third-order valence-corrected chi connectivity index (χ3v) is 4.22. The lowest BCUT2D eigenvalue weighted by atomic mass is 10.2. The fraction of sp³-hybridized carbons (Fsp3) is 0.818. The van der Waals surface area contributed by atoms with Crippen LogP contribution in [0, 0.1) is 0 Å². The van der Waals surface area contributed by atoms with Crippen LogP contribution in [0.15, 0.2) is 4.60 Å². The molecule has 1 unspecified atom stereocenters. The number of nitrogens with one attached hydrogen (secondary N) is 1. The molecule has 0 radical (unpaired) electrons. The van der Waals surface area contributed by atoms with E-state index in [9.17, 15) is 0 Å². The van der Waals surface area contributed by atoms with Crippen molar-refractivity contribution in [1.29, 1.82) is 0 Å². The lowest BCUT2D eigenvalue weighted by Crippen LogP contribution is -2.27. The van der Waals surface area contributed by atoms with E-state index >= 15 is 0 Å². The Morgan fingerprint density at radius 1 is 1.47 bits per heavy atom. The Morgan fingerprint density at radius 3 is 2.53 bits per heavy atom. The summed E-state index contributed by atoms with van der Waals surface area (Å²) in [4.78, 5) is 0. The highest BCUT2D eigenvalue weighted by molar-refractivity contribution is 9.10. The third kappa shape index (κ3) is 4.60. The zero-order valence-corrected chi connectivity index (χ0v) is 13.5. The Bertz CT molecular complexity index is 339. The van der Waals surface area contributed by atoms with Gasteiger partial charge in [-0.2, -0.15) is 11.8 Å². The van der Waals surface area contributed by atoms with Gasteiger partial charge in [-0.1, -0.05) is 32.9 Å². The van der Waals surface area contributed by atoms with Crippen molar-refractivity contribution in [1.82, 2.24) is 20.3 Å². The minimum atomic E-state index is 0.270. The maximum Gasteiger partial charge on any atom is 0.153 e. The molecule has 0 aliphatic heterocycles. The Labute approximate surface area is 116 Å². The van der Waals surface area contributed by atoms with Crippen molar-refractivity contribution >= 4 is 27.7 Å². The summed E-state index contributed by atoms with van der Waals surface area (Å²) in [5.74, 6) is 1.01. The van der Waals surface area contributed by atoms with Gasteiger partial charge in [-0.25, -0.2) is 4.68 Å². The van der Waals surface area contributed by atoms with Crippen LogP contribution in [0.25, 0.3) is 0 Å². The minimum absolute atomic E-state index is 0.270. The fourth-order valence-corrected chi connectivity index (χ4v) is 3.07. The van der Waals surface area contributed by atoms with Crippen LogP contribution < -0.4 is 5.32 Å². The van der Waals surface area contributed by atoms with Crippen molar-refractivity contribution in [2.45, 2.75) is 38.5 Å². The number of rotatable bonds is 5. The molecule has 0 spiro atoms. The second kappa shape index (κ2) is 6.20. The summed E-state index contributed by atoms with van der Waals surface area (Å²) < 4.78 is 2.94. The number of hydrogen-bond donors (Lipinski definition) is 1. The van der Waals surface area contributed by atoms with Crippen LogP contribution in [0.1, 0.15) is 39.4 Å². The normalized spacial score (nSPS) is 14.0. The molecule has 6 heteroatoms. The van der Waals surface area contributed by atoms with Gasteiger partial charge in [0.25, 0.3) is 0 Å². The number of aryl methyl sites for hydroxylation is 1. The number of thioether (sulfide) groups is 1. The second-order valence-corrected chi connectivity index (χ2v) is 7.52. The fourth-order valence-electron chi connectivity index (χ4n) is 1.52. The number of halogens is 1. The molecule has 0 amide bonds. The van der Waals surface area contributed by atoms with Gasteiger partial charge in [-0.15, -0.1) is 5.10 Å². The first kappa shape index (κ1) is 15.0. The summed E-state index contributed by atoms with van der Waals surface area (Å²) in [6.07, 6.45) is 0. The smallest absolute Gasteiger partial charge is 0.153 e. The Hall–Kier alpha value is -0.0700. The summed E-state index contributed by atoms with van der Waals surface area (Å²) in [5.41, 5.74) is 1.11. The SMILES string of the molecule is CCNC(CSC(C)(C)C)c1c(Br)nnn1C. The van der Waals surface area contributed by atoms with Crippen LogP contribution in [0.5, 0.6) is 0 Å². The molecule has 0 bridgehead atoms. The van der Waals surface area contributed by atoms with Crippen molar-refractivity contribution in [3.05, 3.63) is 10.3 Å². The van der Waals surface area contributed by atoms with Crippen molar-refractivity contribution < 1.29 is 0 Å². The molecule has 0 saturated heterocycles. The van der Waals surface area contributed by atoms with E-state index in [4.69, 9.17) is 0 Å². The lowest BCUT2D eigenvalue weighted by molar-refractivity contribution is 0.546. The topological polar surface area (TPSA) is 42.7 Å². The monoisotopic (exact) mass is 320 g/mol. The van der Waals surface area contributed by atoms with Crippen LogP contribution in [-0.2, 0) is 7.05 Å². The van der Waals surface area contributed by atoms with Gasteiger partial charge in [0.15, 0.2) is 4.60 Å². The highest BCUT2D eigenvalue weighted by Gasteiger charge is 2.22. The Kier molecular flexibility index (Phi) is 5.47. The molecule has 1 N–H and O–H groups in total. The zero-order valence-electron chi connectivity index (χ0n) is 11.1. The van der Waals surface area contributed by atoms with Crippen molar-refractivity contribution in [3.8, 4) is 0 Å². The third-order valence-electron chi connectivity index (χ3n) is 2.29. The molecular formula is C11H21BrN4S. The lowest BCUT2D eigenvalue weighted by Gasteiger charge is -2.23. The van der Waals surface area contributed by atoms with E-state index in [2.05, 4.69) is 59.3 Å². The molecule has 0 aliphatic carbocycles. The number of hydrogen-bond acceptors (Lipinski definition) is 4. The molecule has 0 aromatic carbocycles. The summed E-state index contributed by atoms with van der Waals surface area (Å²) in [6, 6.07) is 0.276. The predicted molar refractivity (Wildman–Crippen MR) is 77.3 cm³/mol. The highest BCUT2D eigenvalue weighted by Crippen LogP contribution is 2.30. The first-order valence-electron chi connectivity index (χ1n) is 5.77. The molecule has 1 aromatic rings. The summed E-state index contributed by atoms with van der Waals surface area (Å²) in [7, 11) is 1.93. The van der Waals surface area contributed by atoms with E-state index in [1.54, 1.807) is 0 Å². The summed E-state index contributed by atoms with van der Waals surface area (Å²) in [5, 5.41) is 11.6. The Balaban J connectivity index is 2.79. The molecule has 17 heavy (non-hydrogen) atoms. The molecule has 1 atom stereocenters. The molecule has 1 aromatic heterocycles. The molecule has 98 valence electrons. The average Bonchev–Trinajstić information content (AvgIpc) is 2.53. The van der Waals surface area contributed by atoms with Gasteiger partial charge in [-0.05, 0) is 22.5 Å². The van der Waals surface area contributed by atoms with Gasteiger partial charge < -0.3 is 5.32 Å². The maximum absolute atomic E-state index is 4.04. The zero-order chi connectivity index (χ0) is 13.1. The van der Waals surface area contributed by atoms with Crippen LogP contribution in [0.4, 0.5) is 0 Å². The van der Waals surface area contributed by atoms with Gasteiger partial charge in [0.2, 0.25) is 0 Å². The van der Waals surface area contributed by atoms with Crippen LogP contribution >= 0.6 is 27.7 Å². The van der Waals surface area contributed by atoms with E-state index in [0.717, 1.165) is 22.6 Å². The van der Waals surface area contributed by atoms with E-state index in [1.165, 1.54) is 0 Å². The van der Waals surface area contributed by atoms with Crippen molar-refractivity contribution in [2.75, 3.05) is 12.3 Å². The molecule has 1 heterocycles. The first-order chi connectivity index (χ1) is 7.85. The summed E-state index contributed by atoms with van der Waals surface area (Å²) in [6.45, 7) is 9.76. The summed E-state index contributed by atoms with van der Waals surface area (Å²) >= 11 is 5.41. The van der Waals surface area contributed by atoms with E-state index < -0.39 is 0 Å². The standard InChI is InChI=1S/C11H21BrN4S/c1-6-13-8(7-17-11(2,3)4)9-10(12)14-15-16(9)5/h8,13H,6-7H2,1-5H3. The van der Waals surface area contributed by atoms with Crippen molar-refractivity contribution in [3.63, 3.8) is 0 Å². The average molecular weight is 321 g/mol. The molecule has 4 nitrogen and oxygen atoms in total. The van der Waals surface area contributed by atoms with E-state index in [1.807, 2.05) is 23.5 Å². The molecule has 1 rings (SSSR count). The van der Waals surface area contributed by atoms with Gasteiger partial charge in [0, 0.05) is 17.5 Å². The molecule has 0 aliphatic rings. The number of aromatic nitrogens is 3. The van der Waals surface area contributed by atoms with Gasteiger partial charge in [0.05, 0.1) is 11.7 Å². The Morgan fingerprint density at radius 2 is 2.12 bits per heavy atom. The van der Waals surface area contributed by atoms with Gasteiger partial charge in [0.1, 0.15) is 0 Å². The molecule has 0 saturated carbocycles. The van der Waals surface area contributed by atoms with Crippen LogP contribution in [-0.4, -0.2) is 32.0 Å². The van der Waals surface area contributed by atoms with Gasteiger partial charge in [-0.3, -0.25) is 0 Å². The first-order valence-corrected chi connectivity index (χ1v) is 7.55.